The normalized spacial score (nSPS) is 14.6. The Hall–Kier alpha value is -2.50. The zero-order valence-corrected chi connectivity index (χ0v) is 20.6. The van der Waals surface area contributed by atoms with E-state index in [-0.39, 0.29) is 24.0 Å². The molecule has 2 aromatic carbocycles. The van der Waals surface area contributed by atoms with E-state index in [1.807, 2.05) is 12.1 Å². The van der Waals surface area contributed by atoms with Crippen molar-refractivity contribution in [1.29, 1.82) is 0 Å². The molecule has 170 valence electrons. The van der Waals surface area contributed by atoms with Gasteiger partial charge in [0.1, 0.15) is 12.7 Å². The highest BCUT2D eigenvalue weighted by molar-refractivity contribution is 14.0. The molecule has 0 amide bonds. The van der Waals surface area contributed by atoms with Gasteiger partial charge >= 0.3 is 0 Å². The van der Waals surface area contributed by atoms with Gasteiger partial charge in [0.25, 0.3) is 0 Å². The molecule has 0 bridgehead atoms. The number of ether oxygens (including phenoxy) is 1. The minimum absolute atomic E-state index is 0. The van der Waals surface area contributed by atoms with Crippen LogP contribution in [0.5, 0.6) is 0 Å². The Bertz CT molecular complexity index is 970. The standard InChI is InChI=1S/C23H29N7O.HI/c1-24-23(26-14-19-6-8-22(9-7-19)30-18-25-17-28-30)27-15-20-4-2-3-5-21(20)16-29-10-12-31-13-11-29;/h2-9,17-18H,10-16H2,1H3,(H2,24,26,27);1H. The summed E-state index contributed by atoms with van der Waals surface area (Å²) in [5.74, 6) is 0.779. The lowest BCUT2D eigenvalue weighted by Crippen LogP contribution is -2.37. The summed E-state index contributed by atoms with van der Waals surface area (Å²) in [7, 11) is 1.79. The van der Waals surface area contributed by atoms with Crippen LogP contribution in [0.25, 0.3) is 5.69 Å². The van der Waals surface area contributed by atoms with Gasteiger partial charge in [-0.05, 0) is 28.8 Å². The van der Waals surface area contributed by atoms with E-state index < -0.39 is 0 Å². The third-order valence-electron chi connectivity index (χ3n) is 5.37. The maximum absolute atomic E-state index is 5.46. The number of nitrogens with zero attached hydrogens (tertiary/aromatic N) is 5. The Morgan fingerprint density at radius 2 is 1.72 bits per heavy atom. The van der Waals surface area contributed by atoms with E-state index in [4.69, 9.17) is 4.74 Å². The minimum Gasteiger partial charge on any atom is -0.379 e. The lowest BCUT2D eigenvalue weighted by Gasteiger charge is -2.27. The number of aliphatic imine (C=N–C) groups is 1. The molecule has 2 N–H and O–H groups in total. The number of rotatable bonds is 7. The molecule has 0 unspecified atom stereocenters. The fraction of sp³-hybridized carbons (Fsp3) is 0.348. The fourth-order valence-electron chi connectivity index (χ4n) is 3.58. The molecule has 3 aromatic rings. The molecule has 32 heavy (non-hydrogen) atoms. The van der Waals surface area contributed by atoms with E-state index in [2.05, 4.69) is 67.0 Å². The number of guanidine groups is 1. The topological polar surface area (TPSA) is 79.6 Å². The lowest BCUT2D eigenvalue weighted by atomic mass is 10.1. The summed E-state index contributed by atoms with van der Waals surface area (Å²) in [6, 6.07) is 16.8. The first kappa shape index (κ1) is 24.1. The van der Waals surface area contributed by atoms with Crippen LogP contribution in [-0.2, 0) is 24.4 Å². The molecule has 0 saturated carbocycles. The number of benzene rings is 2. The smallest absolute Gasteiger partial charge is 0.191 e. The van der Waals surface area contributed by atoms with Gasteiger partial charge in [0, 0.05) is 39.8 Å². The van der Waals surface area contributed by atoms with Crippen LogP contribution in [0.1, 0.15) is 16.7 Å². The second-order valence-corrected chi connectivity index (χ2v) is 7.44. The highest BCUT2D eigenvalue weighted by atomic mass is 127. The number of hydrogen-bond donors (Lipinski definition) is 2. The van der Waals surface area contributed by atoms with Crippen molar-refractivity contribution in [1.82, 2.24) is 30.3 Å². The summed E-state index contributed by atoms with van der Waals surface area (Å²) in [6.45, 7) is 5.97. The van der Waals surface area contributed by atoms with Crippen molar-refractivity contribution in [3.63, 3.8) is 0 Å². The average Bonchev–Trinajstić information content (AvgIpc) is 3.36. The molecule has 8 nitrogen and oxygen atoms in total. The number of halogens is 1. The number of aromatic nitrogens is 3. The predicted molar refractivity (Wildman–Crippen MR) is 136 cm³/mol. The molecule has 0 spiro atoms. The van der Waals surface area contributed by atoms with Crippen LogP contribution < -0.4 is 10.6 Å². The Morgan fingerprint density at radius 1 is 1.00 bits per heavy atom. The first-order valence-electron chi connectivity index (χ1n) is 10.6. The van der Waals surface area contributed by atoms with Crippen LogP contribution in [0.2, 0.25) is 0 Å². The average molecular weight is 547 g/mol. The molecule has 0 atom stereocenters. The van der Waals surface area contributed by atoms with Crippen LogP contribution in [0.15, 0.2) is 66.2 Å². The molecule has 1 fully saturated rings. The SMILES string of the molecule is CN=C(NCc1ccc(-n2cncn2)cc1)NCc1ccccc1CN1CCOCC1.I. The molecule has 9 heteroatoms. The van der Waals surface area contributed by atoms with Gasteiger partial charge < -0.3 is 15.4 Å². The van der Waals surface area contributed by atoms with Crippen molar-refractivity contribution in [2.45, 2.75) is 19.6 Å². The summed E-state index contributed by atoms with van der Waals surface area (Å²) < 4.78 is 7.21. The van der Waals surface area contributed by atoms with E-state index >= 15 is 0 Å². The molecule has 1 aromatic heterocycles. The number of hydrogen-bond acceptors (Lipinski definition) is 5. The number of morpholine rings is 1. The Kier molecular flexibility index (Phi) is 9.44. The van der Waals surface area contributed by atoms with Crippen molar-refractivity contribution in [3.8, 4) is 5.69 Å². The first-order valence-corrected chi connectivity index (χ1v) is 10.6. The van der Waals surface area contributed by atoms with Crippen LogP contribution in [0, 0.1) is 0 Å². The first-order chi connectivity index (χ1) is 15.3. The molecule has 1 aliphatic rings. The monoisotopic (exact) mass is 547 g/mol. The molecule has 1 aliphatic heterocycles. The largest absolute Gasteiger partial charge is 0.379 e. The Morgan fingerprint density at radius 3 is 2.41 bits per heavy atom. The van der Waals surface area contributed by atoms with Crippen molar-refractivity contribution in [2.75, 3.05) is 33.4 Å². The molecule has 4 rings (SSSR count). The van der Waals surface area contributed by atoms with Crippen LogP contribution in [0.3, 0.4) is 0 Å². The summed E-state index contributed by atoms with van der Waals surface area (Å²) in [4.78, 5) is 10.8. The van der Waals surface area contributed by atoms with E-state index in [0.717, 1.165) is 51.0 Å². The van der Waals surface area contributed by atoms with Crippen LogP contribution in [-0.4, -0.2) is 59.0 Å². The van der Waals surface area contributed by atoms with Crippen molar-refractivity contribution in [2.24, 2.45) is 4.99 Å². The summed E-state index contributed by atoms with van der Waals surface area (Å²) in [5, 5.41) is 11.0. The third-order valence-corrected chi connectivity index (χ3v) is 5.37. The zero-order valence-electron chi connectivity index (χ0n) is 18.3. The van der Waals surface area contributed by atoms with Crippen molar-refractivity contribution >= 4 is 29.9 Å². The van der Waals surface area contributed by atoms with E-state index in [1.54, 1.807) is 18.1 Å². The van der Waals surface area contributed by atoms with Gasteiger partial charge in [0.2, 0.25) is 0 Å². The molecule has 1 saturated heterocycles. The zero-order chi connectivity index (χ0) is 21.3. The summed E-state index contributed by atoms with van der Waals surface area (Å²) in [5.41, 5.74) is 4.78. The molecule has 0 radical (unpaired) electrons. The lowest BCUT2D eigenvalue weighted by molar-refractivity contribution is 0.0341. The van der Waals surface area contributed by atoms with Crippen LogP contribution >= 0.6 is 24.0 Å². The second-order valence-electron chi connectivity index (χ2n) is 7.44. The van der Waals surface area contributed by atoms with Crippen molar-refractivity contribution in [3.05, 3.63) is 77.9 Å². The minimum atomic E-state index is 0. The van der Waals surface area contributed by atoms with Gasteiger partial charge in [-0.1, -0.05) is 36.4 Å². The highest BCUT2D eigenvalue weighted by Gasteiger charge is 2.12. The Labute approximate surface area is 206 Å². The molecular weight excluding hydrogens is 517 g/mol. The summed E-state index contributed by atoms with van der Waals surface area (Å²) in [6.07, 6.45) is 3.22. The maximum Gasteiger partial charge on any atom is 0.191 e. The molecule has 0 aliphatic carbocycles. The van der Waals surface area contributed by atoms with E-state index in [9.17, 15) is 0 Å². The quantitative estimate of drug-likeness (QED) is 0.269. The highest BCUT2D eigenvalue weighted by Crippen LogP contribution is 2.13. The van der Waals surface area contributed by atoms with Crippen molar-refractivity contribution < 1.29 is 4.74 Å². The van der Waals surface area contributed by atoms with Gasteiger partial charge in [0.05, 0.1) is 18.9 Å². The third kappa shape index (κ3) is 6.75. The van der Waals surface area contributed by atoms with Gasteiger partial charge in [-0.2, -0.15) is 5.10 Å². The van der Waals surface area contributed by atoms with Gasteiger partial charge in [-0.3, -0.25) is 9.89 Å². The van der Waals surface area contributed by atoms with Gasteiger partial charge in [0.15, 0.2) is 5.96 Å². The maximum atomic E-state index is 5.46. The van der Waals surface area contributed by atoms with Gasteiger partial charge in [-0.25, -0.2) is 9.67 Å². The van der Waals surface area contributed by atoms with Crippen LogP contribution in [0.4, 0.5) is 0 Å². The van der Waals surface area contributed by atoms with E-state index in [1.165, 1.54) is 23.0 Å². The number of nitrogens with one attached hydrogen (secondary N) is 2. The fourth-order valence-corrected chi connectivity index (χ4v) is 3.58. The summed E-state index contributed by atoms with van der Waals surface area (Å²) >= 11 is 0. The van der Waals surface area contributed by atoms with E-state index in [0.29, 0.717) is 6.54 Å². The molecule has 2 heterocycles. The predicted octanol–water partition coefficient (Wildman–Crippen LogP) is 2.58. The Balaban J connectivity index is 0.00000289. The molecular formula is C23H30IN7O. The van der Waals surface area contributed by atoms with Gasteiger partial charge in [-0.15, -0.1) is 24.0 Å². The second kappa shape index (κ2) is 12.5.